The van der Waals surface area contributed by atoms with Crippen molar-refractivity contribution in [2.75, 3.05) is 39.4 Å². The number of guanidine groups is 1. The van der Waals surface area contributed by atoms with Crippen LogP contribution in [0.3, 0.4) is 0 Å². The van der Waals surface area contributed by atoms with Crippen molar-refractivity contribution in [3.63, 3.8) is 0 Å². The van der Waals surface area contributed by atoms with Crippen molar-refractivity contribution < 1.29 is 9.53 Å². The first-order chi connectivity index (χ1) is 13.1. The first kappa shape index (κ1) is 21.2. The lowest BCUT2D eigenvalue weighted by Crippen LogP contribution is -2.41. The van der Waals surface area contributed by atoms with Crippen molar-refractivity contribution in [2.45, 2.75) is 40.2 Å². The predicted molar refractivity (Wildman–Crippen MR) is 110 cm³/mol. The third-order valence-electron chi connectivity index (χ3n) is 4.58. The third-order valence-corrected chi connectivity index (χ3v) is 4.58. The van der Waals surface area contributed by atoms with Gasteiger partial charge in [0, 0.05) is 32.8 Å². The molecule has 0 fully saturated rings. The van der Waals surface area contributed by atoms with Crippen LogP contribution in [0, 0.1) is 5.92 Å². The summed E-state index contributed by atoms with van der Waals surface area (Å²) in [4.78, 5) is 18.9. The summed E-state index contributed by atoms with van der Waals surface area (Å²) in [6.45, 7) is 10.8. The van der Waals surface area contributed by atoms with Gasteiger partial charge < -0.3 is 20.3 Å². The summed E-state index contributed by atoms with van der Waals surface area (Å²) >= 11 is 0. The van der Waals surface area contributed by atoms with Gasteiger partial charge in [-0.3, -0.25) is 4.79 Å². The Balaban J connectivity index is 1.75. The monoisotopic (exact) mass is 374 g/mol. The Morgan fingerprint density at radius 3 is 2.74 bits per heavy atom. The van der Waals surface area contributed by atoms with E-state index in [9.17, 15) is 4.79 Å². The highest BCUT2D eigenvalue weighted by Gasteiger charge is 2.19. The van der Waals surface area contributed by atoms with Crippen molar-refractivity contribution in [3.8, 4) is 0 Å². The highest BCUT2D eigenvalue weighted by molar-refractivity contribution is 5.85. The van der Waals surface area contributed by atoms with E-state index in [0.717, 1.165) is 32.5 Å². The molecule has 0 saturated carbocycles. The fourth-order valence-corrected chi connectivity index (χ4v) is 2.96. The number of nitrogens with zero attached hydrogens (tertiary/aromatic N) is 2. The van der Waals surface area contributed by atoms with Crippen LogP contribution in [-0.2, 0) is 22.5 Å². The molecular weight excluding hydrogens is 340 g/mol. The minimum atomic E-state index is 0.0647. The topological polar surface area (TPSA) is 66.0 Å². The number of rotatable bonds is 9. The molecule has 6 nitrogen and oxygen atoms in total. The molecule has 1 aliphatic rings. The predicted octanol–water partition coefficient (Wildman–Crippen LogP) is 2.19. The van der Waals surface area contributed by atoms with Gasteiger partial charge in [0.1, 0.15) is 6.54 Å². The molecule has 0 aromatic heterocycles. The fourth-order valence-electron chi connectivity index (χ4n) is 2.96. The Kier molecular flexibility index (Phi) is 9.11. The van der Waals surface area contributed by atoms with E-state index in [1.807, 2.05) is 17.9 Å². The largest absolute Gasteiger partial charge is 0.380 e. The van der Waals surface area contributed by atoms with Crippen molar-refractivity contribution in [3.05, 3.63) is 35.4 Å². The van der Waals surface area contributed by atoms with Crippen LogP contribution in [0.25, 0.3) is 0 Å². The molecule has 0 saturated heterocycles. The number of carbonyl (C=O) groups is 1. The number of aliphatic imine (C=N–C) groups is 1. The van der Waals surface area contributed by atoms with E-state index in [-0.39, 0.29) is 12.5 Å². The molecule has 0 aliphatic carbocycles. The van der Waals surface area contributed by atoms with E-state index in [0.29, 0.717) is 31.6 Å². The van der Waals surface area contributed by atoms with Gasteiger partial charge in [0.25, 0.3) is 0 Å². The van der Waals surface area contributed by atoms with Crippen LogP contribution in [0.4, 0.5) is 0 Å². The molecule has 2 N–H and O–H groups in total. The summed E-state index contributed by atoms with van der Waals surface area (Å²) in [5, 5.41) is 6.40. The van der Waals surface area contributed by atoms with Crippen LogP contribution in [0.2, 0.25) is 0 Å². The highest BCUT2D eigenvalue weighted by Crippen LogP contribution is 2.18. The van der Waals surface area contributed by atoms with Gasteiger partial charge in [-0.25, -0.2) is 4.99 Å². The van der Waals surface area contributed by atoms with Crippen LogP contribution in [0.5, 0.6) is 0 Å². The zero-order chi connectivity index (χ0) is 19.5. The van der Waals surface area contributed by atoms with E-state index in [2.05, 4.69) is 47.7 Å². The maximum absolute atomic E-state index is 12.5. The molecule has 1 heterocycles. The summed E-state index contributed by atoms with van der Waals surface area (Å²) in [6, 6.07) is 8.33. The van der Waals surface area contributed by atoms with E-state index >= 15 is 0 Å². The van der Waals surface area contributed by atoms with Gasteiger partial charge in [-0.05, 0) is 36.8 Å². The molecule has 1 aromatic rings. The lowest BCUT2D eigenvalue weighted by molar-refractivity contribution is -0.130. The molecule has 0 unspecified atom stereocenters. The Hall–Kier alpha value is -2.08. The van der Waals surface area contributed by atoms with E-state index in [1.165, 1.54) is 11.1 Å². The Morgan fingerprint density at radius 1 is 1.22 bits per heavy atom. The van der Waals surface area contributed by atoms with Crippen LogP contribution >= 0.6 is 0 Å². The Morgan fingerprint density at radius 2 is 2.00 bits per heavy atom. The number of carbonyl (C=O) groups excluding carboxylic acids is 1. The molecule has 1 aliphatic heterocycles. The lowest BCUT2D eigenvalue weighted by Gasteiger charge is -2.28. The van der Waals surface area contributed by atoms with Gasteiger partial charge in [0.05, 0.1) is 6.61 Å². The summed E-state index contributed by atoms with van der Waals surface area (Å²) in [5.74, 6) is 1.38. The minimum absolute atomic E-state index is 0.0647. The van der Waals surface area contributed by atoms with Gasteiger partial charge in [0.2, 0.25) is 5.91 Å². The van der Waals surface area contributed by atoms with Crippen LogP contribution < -0.4 is 10.6 Å². The number of nitrogens with one attached hydrogen (secondary N) is 2. The number of hydrogen-bond acceptors (Lipinski definition) is 3. The van der Waals surface area contributed by atoms with Gasteiger partial charge in [-0.15, -0.1) is 0 Å². The van der Waals surface area contributed by atoms with E-state index in [1.54, 1.807) is 0 Å². The zero-order valence-corrected chi connectivity index (χ0v) is 17.0. The molecule has 1 aromatic carbocycles. The van der Waals surface area contributed by atoms with Crippen LogP contribution in [-0.4, -0.2) is 56.2 Å². The lowest BCUT2D eigenvalue weighted by atomic mass is 10.00. The van der Waals surface area contributed by atoms with E-state index < -0.39 is 0 Å². The van der Waals surface area contributed by atoms with Crippen molar-refractivity contribution in [1.82, 2.24) is 15.5 Å². The van der Waals surface area contributed by atoms with E-state index in [4.69, 9.17) is 4.74 Å². The second-order valence-electron chi connectivity index (χ2n) is 7.25. The number of amides is 1. The molecule has 0 spiro atoms. The van der Waals surface area contributed by atoms with Gasteiger partial charge in [-0.2, -0.15) is 0 Å². The summed E-state index contributed by atoms with van der Waals surface area (Å²) in [7, 11) is 0. The Bertz CT molecular complexity index is 616. The van der Waals surface area contributed by atoms with Crippen LogP contribution in [0.1, 0.15) is 38.3 Å². The average molecular weight is 375 g/mol. The summed E-state index contributed by atoms with van der Waals surface area (Å²) in [6.07, 6.45) is 1.99. The van der Waals surface area contributed by atoms with Crippen LogP contribution in [0.15, 0.2) is 29.3 Å². The third kappa shape index (κ3) is 7.59. The number of benzene rings is 1. The first-order valence-corrected chi connectivity index (χ1v) is 10.0. The first-order valence-electron chi connectivity index (χ1n) is 10.0. The Labute approximate surface area is 163 Å². The van der Waals surface area contributed by atoms with Crippen molar-refractivity contribution in [1.29, 1.82) is 0 Å². The van der Waals surface area contributed by atoms with Gasteiger partial charge in [0.15, 0.2) is 5.96 Å². The molecule has 6 heteroatoms. The molecule has 0 radical (unpaired) electrons. The second kappa shape index (κ2) is 11.6. The van der Waals surface area contributed by atoms with Crippen molar-refractivity contribution >= 4 is 11.9 Å². The molecule has 27 heavy (non-hydrogen) atoms. The van der Waals surface area contributed by atoms with Gasteiger partial charge >= 0.3 is 0 Å². The maximum Gasteiger partial charge on any atom is 0.244 e. The SMILES string of the molecule is CCNC(=NCC(=O)N1CCc2ccccc2C1)NCCOCCC(C)C. The molecule has 2 rings (SSSR count). The van der Waals surface area contributed by atoms with Gasteiger partial charge in [-0.1, -0.05) is 38.1 Å². The zero-order valence-electron chi connectivity index (χ0n) is 17.0. The van der Waals surface area contributed by atoms with Crippen molar-refractivity contribution in [2.24, 2.45) is 10.9 Å². The number of fused-ring (bicyclic) bond motifs is 1. The number of hydrogen-bond donors (Lipinski definition) is 2. The smallest absolute Gasteiger partial charge is 0.244 e. The average Bonchev–Trinajstić information content (AvgIpc) is 2.67. The fraction of sp³-hybridized carbons (Fsp3) is 0.619. The highest BCUT2D eigenvalue weighted by atomic mass is 16.5. The minimum Gasteiger partial charge on any atom is -0.380 e. The summed E-state index contributed by atoms with van der Waals surface area (Å²) in [5.41, 5.74) is 2.59. The standard InChI is InChI=1S/C21H34N4O2/c1-4-22-21(23-11-14-27-13-10-17(2)3)24-15-20(26)25-12-9-18-7-5-6-8-19(18)16-25/h5-8,17H,4,9-16H2,1-3H3,(H2,22,23,24). The molecule has 1 amide bonds. The molecule has 0 atom stereocenters. The second-order valence-corrected chi connectivity index (χ2v) is 7.25. The number of ether oxygens (including phenoxy) is 1. The quantitative estimate of drug-likeness (QED) is 0.395. The molecular formula is C21H34N4O2. The maximum atomic E-state index is 12.5. The summed E-state index contributed by atoms with van der Waals surface area (Å²) < 4.78 is 5.61. The normalized spacial score (nSPS) is 14.2. The molecule has 150 valence electrons. The molecule has 0 bridgehead atoms.